The third-order valence-electron chi connectivity index (χ3n) is 2.94. The smallest absolute Gasteiger partial charge is 0.338 e. The largest absolute Gasteiger partial charge is 0.459 e. The molecule has 132 valence electrons. The number of hydrogen-bond donors (Lipinski definition) is 2. The minimum absolute atomic E-state index is 0.0666. The Labute approximate surface area is 146 Å². The van der Waals surface area contributed by atoms with Crippen molar-refractivity contribution in [1.29, 1.82) is 5.26 Å². The first-order valence-electron chi connectivity index (χ1n) is 7.14. The zero-order valence-electron chi connectivity index (χ0n) is 13.5. The van der Waals surface area contributed by atoms with Crippen LogP contribution in [0.1, 0.15) is 11.1 Å². The maximum atomic E-state index is 11.0. The van der Waals surface area contributed by atoms with Gasteiger partial charge in [0.05, 0.1) is 11.0 Å². The van der Waals surface area contributed by atoms with E-state index < -0.39 is 22.1 Å². The Kier molecular flexibility index (Phi) is 7.75. The van der Waals surface area contributed by atoms with Crippen molar-refractivity contribution < 1.29 is 22.5 Å². The number of ether oxygens (including phenoxy) is 1. The van der Waals surface area contributed by atoms with Crippen LogP contribution in [0.25, 0.3) is 0 Å². The van der Waals surface area contributed by atoms with Crippen molar-refractivity contribution >= 4 is 16.1 Å². The molecule has 0 heterocycles. The van der Waals surface area contributed by atoms with Gasteiger partial charge in [-0.05, 0) is 24.6 Å². The molecule has 0 spiro atoms. The van der Waals surface area contributed by atoms with Crippen molar-refractivity contribution in [1.82, 2.24) is 0 Å². The Morgan fingerprint density at radius 3 is 2.24 bits per heavy atom. The molecular formula is C17H18N2O5S. The molecule has 0 bridgehead atoms. The Bertz CT molecular complexity index is 828. The van der Waals surface area contributed by atoms with Crippen LogP contribution in [0.2, 0.25) is 0 Å². The van der Waals surface area contributed by atoms with Gasteiger partial charge in [-0.15, -0.1) is 0 Å². The molecule has 1 unspecified atom stereocenters. The van der Waals surface area contributed by atoms with Gasteiger partial charge in [0.1, 0.15) is 6.61 Å². The second-order valence-electron chi connectivity index (χ2n) is 4.99. The first-order chi connectivity index (χ1) is 11.7. The summed E-state index contributed by atoms with van der Waals surface area (Å²) in [7, 11) is -4.02. The van der Waals surface area contributed by atoms with Crippen molar-refractivity contribution in [2.75, 3.05) is 0 Å². The Hall–Kier alpha value is -2.73. The summed E-state index contributed by atoms with van der Waals surface area (Å²) in [5.74, 6) is -0.698. The number of hydrogen-bond acceptors (Lipinski definition) is 6. The number of rotatable bonds is 4. The maximum Gasteiger partial charge on any atom is 0.338 e. The first-order valence-corrected chi connectivity index (χ1v) is 8.58. The minimum atomic E-state index is -4.02. The zero-order valence-corrected chi connectivity index (χ0v) is 14.3. The van der Waals surface area contributed by atoms with Crippen LogP contribution in [0.3, 0.4) is 0 Å². The van der Waals surface area contributed by atoms with Gasteiger partial charge in [0.15, 0.2) is 6.04 Å². The summed E-state index contributed by atoms with van der Waals surface area (Å²) in [6.07, 6.45) is 0. The van der Waals surface area contributed by atoms with Crippen molar-refractivity contribution in [2.45, 2.75) is 24.5 Å². The quantitative estimate of drug-likeness (QED) is 0.626. The molecule has 2 aromatic carbocycles. The lowest BCUT2D eigenvalue weighted by atomic mass is 10.2. The standard InChI is InChI=1S/C10H10N2O2.C7H8O3S/c11-6-9(12)10(13)14-7-8-4-2-1-3-5-8;1-6-2-4-7(5-3-6)11(8,9)10/h1-5,9H,7,12H2;2-5H,1H3,(H,8,9,10). The summed E-state index contributed by atoms with van der Waals surface area (Å²) >= 11 is 0. The van der Waals surface area contributed by atoms with Gasteiger partial charge in [-0.3, -0.25) is 4.55 Å². The van der Waals surface area contributed by atoms with Crippen LogP contribution < -0.4 is 5.73 Å². The van der Waals surface area contributed by atoms with E-state index in [2.05, 4.69) is 0 Å². The maximum absolute atomic E-state index is 11.0. The van der Waals surface area contributed by atoms with Crippen molar-refractivity contribution in [2.24, 2.45) is 5.73 Å². The van der Waals surface area contributed by atoms with Crippen LogP contribution in [0.4, 0.5) is 0 Å². The number of carbonyl (C=O) groups excluding carboxylic acids is 1. The highest BCUT2D eigenvalue weighted by molar-refractivity contribution is 7.85. The van der Waals surface area contributed by atoms with E-state index in [0.29, 0.717) is 0 Å². The molecule has 0 saturated carbocycles. The molecule has 3 N–H and O–H groups in total. The zero-order chi connectivity index (χ0) is 18.9. The van der Waals surface area contributed by atoms with E-state index in [0.717, 1.165) is 11.1 Å². The van der Waals surface area contributed by atoms with Crippen LogP contribution in [0.15, 0.2) is 59.5 Å². The normalized spacial score (nSPS) is 11.4. The van der Waals surface area contributed by atoms with Gasteiger partial charge in [0.25, 0.3) is 10.1 Å². The van der Waals surface area contributed by atoms with E-state index in [9.17, 15) is 13.2 Å². The van der Waals surface area contributed by atoms with E-state index in [1.54, 1.807) is 18.2 Å². The van der Waals surface area contributed by atoms with Crippen molar-refractivity contribution in [3.8, 4) is 6.07 Å². The third kappa shape index (κ3) is 7.58. The summed E-state index contributed by atoms with van der Waals surface area (Å²) in [6, 6.07) is 15.6. The van der Waals surface area contributed by atoms with Gasteiger partial charge in [-0.1, -0.05) is 48.0 Å². The number of aryl methyl sites for hydroxylation is 1. The van der Waals surface area contributed by atoms with E-state index in [-0.39, 0.29) is 11.5 Å². The van der Waals surface area contributed by atoms with Crippen LogP contribution >= 0.6 is 0 Å². The molecule has 1 atom stereocenters. The summed E-state index contributed by atoms with van der Waals surface area (Å²) in [5, 5.41) is 8.33. The van der Waals surface area contributed by atoms with Crippen molar-refractivity contribution in [3.63, 3.8) is 0 Å². The van der Waals surface area contributed by atoms with Gasteiger partial charge in [-0.2, -0.15) is 13.7 Å². The first kappa shape index (κ1) is 20.3. The summed E-state index contributed by atoms with van der Waals surface area (Å²) in [5.41, 5.74) is 6.97. The Morgan fingerprint density at radius 1 is 1.20 bits per heavy atom. The lowest BCUT2D eigenvalue weighted by molar-refractivity contribution is -0.145. The topological polar surface area (TPSA) is 130 Å². The number of nitrogens with zero attached hydrogens (tertiary/aromatic N) is 1. The Balaban J connectivity index is 0.000000257. The number of benzene rings is 2. The van der Waals surface area contributed by atoms with Gasteiger partial charge in [-0.25, -0.2) is 4.79 Å². The number of nitriles is 1. The molecule has 8 heteroatoms. The molecular weight excluding hydrogens is 344 g/mol. The van der Waals surface area contributed by atoms with Gasteiger partial charge in [0.2, 0.25) is 0 Å². The highest BCUT2D eigenvalue weighted by Gasteiger charge is 2.13. The molecule has 0 aliphatic rings. The number of nitrogens with two attached hydrogens (primary N) is 1. The van der Waals surface area contributed by atoms with Crippen molar-refractivity contribution in [3.05, 3.63) is 65.7 Å². The van der Waals surface area contributed by atoms with Crippen LogP contribution in [0.5, 0.6) is 0 Å². The molecule has 25 heavy (non-hydrogen) atoms. The second kappa shape index (κ2) is 9.54. The molecule has 0 aliphatic carbocycles. The fraction of sp³-hybridized carbons (Fsp3) is 0.176. The van der Waals surface area contributed by atoms with Crippen LogP contribution in [-0.2, 0) is 26.3 Å². The molecule has 0 amide bonds. The minimum Gasteiger partial charge on any atom is -0.459 e. The predicted octanol–water partition coefficient (Wildman–Crippen LogP) is 1.82. The van der Waals surface area contributed by atoms with E-state index in [1.165, 1.54) is 12.1 Å². The van der Waals surface area contributed by atoms with Crippen LogP contribution in [-0.4, -0.2) is 25.0 Å². The van der Waals surface area contributed by atoms with E-state index in [4.69, 9.17) is 20.3 Å². The molecule has 0 aromatic heterocycles. The summed E-state index contributed by atoms with van der Waals surface area (Å²) in [4.78, 5) is 10.9. The molecule has 2 aromatic rings. The van der Waals surface area contributed by atoms with Crippen LogP contribution in [0, 0.1) is 18.3 Å². The predicted molar refractivity (Wildman–Crippen MR) is 90.8 cm³/mol. The molecule has 0 fully saturated rings. The van der Waals surface area contributed by atoms with E-state index >= 15 is 0 Å². The fourth-order valence-corrected chi connectivity index (χ4v) is 2.06. The average Bonchev–Trinajstić information content (AvgIpc) is 2.60. The lowest BCUT2D eigenvalue weighted by Crippen LogP contribution is -2.30. The molecule has 0 saturated heterocycles. The second-order valence-corrected chi connectivity index (χ2v) is 6.41. The van der Waals surface area contributed by atoms with Gasteiger partial charge < -0.3 is 10.5 Å². The third-order valence-corrected chi connectivity index (χ3v) is 3.80. The summed E-state index contributed by atoms with van der Waals surface area (Å²) < 4.78 is 34.3. The summed E-state index contributed by atoms with van der Waals surface area (Å²) in [6.45, 7) is 1.99. The Morgan fingerprint density at radius 2 is 1.76 bits per heavy atom. The molecule has 7 nitrogen and oxygen atoms in total. The number of carbonyl (C=O) groups is 1. The fourth-order valence-electron chi connectivity index (χ4n) is 1.58. The average molecular weight is 362 g/mol. The molecule has 0 aliphatic heterocycles. The van der Waals surface area contributed by atoms with Gasteiger partial charge >= 0.3 is 5.97 Å². The molecule has 2 rings (SSSR count). The SMILES string of the molecule is Cc1ccc(S(=O)(=O)O)cc1.N#CC(N)C(=O)OCc1ccccc1. The molecule has 0 radical (unpaired) electrons. The number of esters is 1. The highest BCUT2D eigenvalue weighted by atomic mass is 32.2. The van der Waals surface area contributed by atoms with E-state index in [1.807, 2.05) is 37.3 Å². The lowest BCUT2D eigenvalue weighted by Gasteiger charge is -2.05. The highest BCUT2D eigenvalue weighted by Crippen LogP contribution is 2.08. The monoisotopic (exact) mass is 362 g/mol. The van der Waals surface area contributed by atoms with Gasteiger partial charge in [0, 0.05) is 0 Å².